The van der Waals surface area contributed by atoms with Gasteiger partial charge < -0.3 is 19.5 Å². The van der Waals surface area contributed by atoms with Gasteiger partial charge in [-0.25, -0.2) is 0 Å². The Morgan fingerprint density at radius 3 is 2.08 bits per heavy atom. The molecule has 0 bridgehead atoms. The van der Waals surface area contributed by atoms with Crippen molar-refractivity contribution in [2.45, 2.75) is 19.8 Å². The van der Waals surface area contributed by atoms with E-state index in [1.807, 2.05) is 0 Å². The molecule has 0 saturated heterocycles. The Labute approximate surface area is 148 Å². The topological polar surface area (TPSA) is 56.8 Å². The summed E-state index contributed by atoms with van der Waals surface area (Å²) in [5.74, 6) is 1.24. The minimum atomic E-state index is -0.164. The van der Waals surface area contributed by atoms with Gasteiger partial charge in [0.25, 0.3) is 5.91 Å². The molecule has 0 radical (unpaired) electrons. The maximum atomic E-state index is 12.4. The fourth-order valence-electron chi connectivity index (χ4n) is 2.56. The lowest BCUT2D eigenvalue weighted by Gasteiger charge is -2.14. The Morgan fingerprint density at radius 1 is 0.960 bits per heavy atom. The zero-order chi connectivity index (χ0) is 18.2. The SMILES string of the molecule is COc1cc(C(=O)NCCCc2ccc(C)cc2)cc(OC)c1OC. The van der Waals surface area contributed by atoms with E-state index in [2.05, 4.69) is 36.5 Å². The number of amides is 1. The summed E-state index contributed by atoms with van der Waals surface area (Å²) in [4.78, 5) is 12.4. The summed E-state index contributed by atoms with van der Waals surface area (Å²) in [6, 6.07) is 11.7. The van der Waals surface area contributed by atoms with Crippen LogP contribution in [0.4, 0.5) is 0 Å². The van der Waals surface area contributed by atoms with Gasteiger partial charge in [0.15, 0.2) is 11.5 Å². The summed E-state index contributed by atoms with van der Waals surface area (Å²) in [5.41, 5.74) is 3.00. The van der Waals surface area contributed by atoms with Gasteiger partial charge in [-0.2, -0.15) is 0 Å². The van der Waals surface area contributed by atoms with E-state index in [0.717, 1.165) is 12.8 Å². The summed E-state index contributed by atoms with van der Waals surface area (Å²) in [6.45, 7) is 2.67. The minimum absolute atomic E-state index is 0.164. The van der Waals surface area contributed by atoms with Crippen LogP contribution in [0.15, 0.2) is 36.4 Å². The fraction of sp³-hybridized carbons (Fsp3) is 0.350. The van der Waals surface area contributed by atoms with Crippen molar-refractivity contribution in [1.29, 1.82) is 0 Å². The largest absolute Gasteiger partial charge is 0.493 e. The maximum Gasteiger partial charge on any atom is 0.251 e. The number of benzene rings is 2. The van der Waals surface area contributed by atoms with Crippen LogP contribution in [-0.2, 0) is 6.42 Å². The van der Waals surface area contributed by atoms with Crippen molar-refractivity contribution in [2.75, 3.05) is 27.9 Å². The molecular weight excluding hydrogens is 318 g/mol. The third-order valence-electron chi connectivity index (χ3n) is 3.98. The normalized spacial score (nSPS) is 10.2. The van der Waals surface area contributed by atoms with Crippen LogP contribution in [0.2, 0.25) is 0 Å². The van der Waals surface area contributed by atoms with Crippen LogP contribution in [0.25, 0.3) is 0 Å². The predicted molar refractivity (Wildman–Crippen MR) is 97.9 cm³/mol. The van der Waals surface area contributed by atoms with Crippen molar-refractivity contribution in [1.82, 2.24) is 5.32 Å². The molecule has 5 heteroatoms. The molecule has 134 valence electrons. The Bertz CT molecular complexity index is 685. The highest BCUT2D eigenvalue weighted by Crippen LogP contribution is 2.38. The lowest BCUT2D eigenvalue weighted by molar-refractivity contribution is 0.0952. The summed E-state index contributed by atoms with van der Waals surface area (Å²) < 4.78 is 15.8. The molecule has 0 spiro atoms. The molecule has 2 aromatic carbocycles. The van der Waals surface area contributed by atoms with E-state index in [1.54, 1.807) is 12.1 Å². The standard InChI is InChI=1S/C20H25NO4/c1-14-7-9-15(10-8-14)6-5-11-21-20(22)16-12-17(23-2)19(25-4)18(13-16)24-3/h7-10,12-13H,5-6,11H2,1-4H3,(H,21,22). The number of hydrogen-bond acceptors (Lipinski definition) is 4. The Hall–Kier alpha value is -2.69. The first-order valence-corrected chi connectivity index (χ1v) is 8.22. The van der Waals surface area contributed by atoms with Crippen molar-refractivity contribution in [3.63, 3.8) is 0 Å². The second kappa shape index (κ2) is 8.97. The van der Waals surface area contributed by atoms with Crippen LogP contribution in [0.3, 0.4) is 0 Å². The van der Waals surface area contributed by atoms with Crippen LogP contribution in [0, 0.1) is 6.92 Å². The first kappa shape index (κ1) is 18.6. The second-order valence-corrected chi connectivity index (χ2v) is 5.76. The van der Waals surface area contributed by atoms with E-state index >= 15 is 0 Å². The third-order valence-corrected chi connectivity index (χ3v) is 3.98. The van der Waals surface area contributed by atoms with Crippen molar-refractivity contribution in [2.24, 2.45) is 0 Å². The van der Waals surface area contributed by atoms with Crippen LogP contribution >= 0.6 is 0 Å². The van der Waals surface area contributed by atoms with Crippen molar-refractivity contribution in [3.8, 4) is 17.2 Å². The second-order valence-electron chi connectivity index (χ2n) is 5.76. The maximum absolute atomic E-state index is 12.4. The number of methoxy groups -OCH3 is 3. The average Bonchev–Trinajstić information content (AvgIpc) is 2.65. The van der Waals surface area contributed by atoms with Gasteiger partial charge in [0.05, 0.1) is 21.3 Å². The fourth-order valence-corrected chi connectivity index (χ4v) is 2.56. The number of carbonyl (C=O) groups is 1. The molecule has 5 nitrogen and oxygen atoms in total. The minimum Gasteiger partial charge on any atom is -0.493 e. The van der Waals surface area contributed by atoms with Gasteiger partial charge in [0.2, 0.25) is 5.75 Å². The van der Waals surface area contributed by atoms with Crippen molar-refractivity contribution < 1.29 is 19.0 Å². The lowest BCUT2D eigenvalue weighted by atomic mass is 10.1. The van der Waals surface area contributed by atoms with Gasteiger partial charge in [-0.1, -0.05) is 29.8 Å². The summed E-state index contributed by atoms with van der Waals surface area (Å²) in [7, 11) is 4.59. The number of nitrogens with one attached hydrogen (secondary N) is 1. The molecule has 25 heavy (non-hydrogen) atoms. The third kappa shape index (κ3) is 4.89. The molecule has 0 aliphatic heterocycles. The van der Waals surface area contributed by atoms with Gasteiger partial charge in [0, 0.05) is 12.1 Å². The number of carbonyl (C=O) groups excluding carboxylic acids is 1. The molecule has 0 aliphatic rings. The molecule has 0 unspecified atom stereocenters. The highest BCUT2D eigenvalue weighted by molar-refractivity contribution is 5.95. The van der Waals surface area contributed by atoms with Crippen molar-refractivity contribution in [3.05, 3.63) is 53.1 Å². The highest BCUT2D eigenvalue weighted by atomic mass is 16.5. The van der Waals surface area contributed by atoms with Crippen LogP contribution < -0.4 is 19.5 Å². The zero-order valence-corrected chi connectivity index (χ0v) is 15.2. The lowest BCUT2D eigenvalue weighted by Crippen LogP contribution is -2.24. The molecule has 2 aromatic rings. The quantitative estimate of drug-likeness (QED) is 0.747. The first-order chi connectivity index (χ1) is 12.1. The molecular formula is C20H25NO4. The van der Waals surface area contributed by atoms with Gasteiger partial charge in [-0.15, -0.1) is 0 Å². The Kier molecular flexibility index (Phi) is 6.69. The summed E-state index contributed by atoms with van der Waals surface area (Å²) in [6.07, 6.45) is 1.80. The van der Waals surface area contributed by atoms with Crippen LogP contribution in [0.5, 0.6) is 17.2 Å². The van der Waals surface area contributed by atoms with E-state index in [0.29, 0.717) is 29.4 Å². The number of aryl methyl sites for hydroxylation is 2. The molecule has 0 heterocycles. The molecule has 2 rings (SSSR count). The van der Waals surface area contributed by atoms with Gasteiger partial charge in [-0.3, -0.25) is 4.79 Å². The van der Waals surface area contributed by atoms with E-state index in [4.69, 9.17) is 14.2 Å². The van der Waals surface area contributed by atoms with E-state index in [-0.39, 0.29) is 5.91 Å². The zero-order valence-electron chi connectivity index (χ0n) is 15.2. The summed E-state index contributed by atoms with van der Waals surface area (Å²) in [5, 5.41) is 2.93. The monoisotopic (exact) mass is 343 g/mol. The van der Waals surface area contributed by atoms with E-state index < -0.39 is 0 Å². The van der Waals surface area contributed by atoms with Crippen LogP contribution in [0.1, 0.15) is 27.9 Å². The van der Waals surface area contributed by atoms with Gasteiger partial charge >= 0.3 is 0 Å². The number of hydrogen-bond donors (Lipinski definition) is 1. The van der Waals surface area contributed by atoms with E-state index in [1.165, 1.54) is 32.5 Å². The predicted octanol–water partition coefficient (Wildman–Crippen LogP) is 3.38. The smallest absolute Gasteiger partial charge is 0.251 e. The molecule has 1 amide bonds. The van der Waals surface area contributed by atoms with Gasteiger partial charge in [-0.05, 0) is 37.5 Å². The first-order valence-electron chi connectivity index (χ1n) is 8.22. The molecule has 1 N–H and O–H groups in total. The molecule has 0 atom stereocenters. The Morgan fingerprint density at radius 2 is 1.56 bits per heavy atom. The Balaban J connectivity index is 1.95. The number of ether oxygens (including phenoxy) is 3. The van der Waals surface area contributed by atoms with Crippen molar-refractivity contribution >= 4 is 5.91 Å². The highest BCUT2D eigenvalue weighted by Gasteiger charge is 2.16. The van der Waals surface area contributed by atoms with Gasteiger partial charge in [0.1, 0.15) is 0 Å². The number of rotatable bonds is 8. The molecule has 0 fully saturated rings. The molecule has 0 aromatic heterocycles. The summed E-state index contributed by atoms with van der Waals surface area (Å²) >= 11 is 0. The van der Waals surface area contributed by atoms with Crippen LogP contribution in [-0.4, -0.2) is 33.8 Å². The average molecular weight is 343 g/mol. The molecule has 0 saturated carbocycles. The molecule has 0 aliphatic carbocycles. The van der Waals surface area contributed by atoms with E-state index in [9.17, 15) is 4.79 Å².